The Morgan fingerprint density at radius 2 is 2.07 bits per heavy atom. The summed E-state index contributed by atoms with van der Waals surface area (Å²) in [5, 5.41) is 4.20. The molecule has 0 bridgehead atoms. The van der Waals surface area contributed by atoms with Crippen LogP contribution in [0.3, 0.4) is 0 Å². The summed E-state index contributed by atoms with van der Waals surface area (Å²) in [4.78, 5) is 2.42. The van der Waals surface area contributed by atoms with E-state index in [4.69, 9.17) is 11.6 Å². The molecule has 1 heterocycles. The minimum Gasteiger partial charge on any atom is -0.314 e. The van der Waals surface area contributed by atoms with E-state index in [1.54, 1.807) is 0 Å². The second kappa shape index (κ2) is 5.30. The second-order valence-electron chi connectivity index (χ2n) is 3.76. The molecule has 1 N–H and O–H groups in total. The molecule has 1 aliphatic heterocycles. The lowest BCUT2D eigenvalue weighted by atomic mass is 10.2. The molecule has 1 saturated heterocycles. The highest BCUT2D eigenvalue weighted by atomic mass is 79.9. The van der Waals surface area contributed by atoms with Gasteiger partial charge in [-0.05, 0) is 23.8 Å². The first-order valence-electron chi connectivity index (χ1n) is 5.13. The number of nitrogens with one attached hydrogen (secondary N) is 1. The van der Waals surface area contributed by atoms with Crippen LogP contribution in [0.15, 0.2) is 22.7 Å². The van der Waals surface area contributed by atoms with Crippen molar-refractivity contribution in [2.45, 2.75) is 6.54 Å². The van der Waals surface area contributed by atoms with Gasteiger partial charge in [-0.15, -0.1) is 0 Å². The van der Waals surface area contributed by atoms with Crippen molar-refractivity contribution in [1.82, 2.24) is 10.2 Å². The quantitative estimate of drug-likeness (QED) is 0.900. The third kappa shape index (κ3) is 3.18. The van der Waals surface area contributed by atoms with Gasteiger partial charge in [0.1, 0.15) is 0 Å². The van der Waals surface area contributed by atoms with Crippen LogP contribution in [0, 0.1) is 0 Å². The van der Waals surface area contributed by atoms with Gasteiger partial charge in [0, 0.05) is 42.2 Å². The minimum atomic E-state index is 0.858. The Bertz CT molecular complexity index is 337. The predicted molar refractivity (Wildman–Crippen MR) is 67.3 cm³/mol. The van der Waals surface area contributed by atoms with Gasteiger partial charge in [0.25, 0.3) is 0 Å². The minimum absolute atomic E-state index is 0.858. The first kappa shape index (κ1) is 11.4. The third-order valence-electron chi connectivity index (χ3n) is 2.61. The molecule has 0 atom stereocenters. The maximum Gasteiger partial charge on any atom is 0.0451 e. The number of hydrogen-bond acceptors (Lipinski definition) is 2. The fourth-order valence-corrected chi connectivity index (χ4v) is 2.36. The van der Waals surface area contributed by atoms with E-state index in [1.807, 2.05) is 12.1 Å². The Hall–Kier alpha value is -0.0900. The van der Waals surface area contributed by atoms with Gasteiger partial charge in [-0.3, -0.25) is 4.90 Å². The molecule has 15 heavy (non-hydrogen) atoms. The van der Waals surface area contributed by atoms with E-state index < -0.39 is 0 Å². The van der Waals surface area contributed by atoms with Crippen LogP contribution in [-0.4, -0.2) is 31.1 Å². The van der Waals surface area contributed by atoms with Crippen molar-refractivity contribution >= 4 is 27.5 Å². The highest BCUT2D eigenvalue weighted by Gasteiger charge is 2.11. The molecule has 0 aliphatic carbocycles. The lowest BCUT2D eigenvalue weighted by molar-refractivity contribution is 0.233. The van der Waals surface area contributed by atoms with E-state index in [2.05, 4.69) is 32.2 Å². The Morgan fingerprint density at radius 3 is 2.80 bits per heavy atom. The molecule has 4 heteroatoms. The van der Waals surface area contributed by atoms with Gasteiger partial charge in [-0.25, -0.2) is 0 Å². The van der Waals surface area contributed by atoms with Gasteiger partial charge in [0.2, 0.25) is 0 Å². The fourth-order valence-electron chi connectivity index (χ4n) is 1.77. The molecule has 0 unspecified atom stereocenters. The van der Waals surface area contributed by atoms with Crippen LogP contribution in [0.2, 0.25) is 5.02 Å². The summed E-state index contributed by atoms with van der Waals surface area (Å²) in [6.45, 7) is 5.29. The maximum atomic E-state index is 6.15. The molecule has 1 aromatic carbocycles. The molecule has 0 amide bonds. The lowest BCUT2D eigenvalue weighted by Crippen LogP contribution is -2.42. The highest BCUT2D eigenvalue weighted by molar-refractivity contribution is 9.10. The fraction of sp³-hybridized carbons (Fsp3) is 0.455. The molecule has 1 aromatic rings. The standard InChI is InChI=1S/C11H14BrClN2/c12-10-1-2-11(13)9(7-10)8-15-5-3-14-4-6-15/h1-2,7,14H,3-6,8H2. The molecular formula is C11H14BrClN2. The van der Waals surface area contributed by atoms with Crippen LogP contribution in [-0.2, 0) is 6.54 Å². The molecule has 0 radical (unpaired) electrons. The summed E-state index contributed by atoms with van der Waals surface area (Å²) >= 11 is 9.62. The van der Waals surface area contributed by atoms with E-state index in [0.29, 0.717) is 0 Å². The molecule has 1 fully saturated rings. The van der Waals surface area contributed by atoms with Crippen molar-refractivity contribution < 1.29 is 0 Å². The van der Waals surface area contributed by atoms with Crippen LogP contribution in [0.1, 0.15) is 5.56 Å². The Kier molecular flexibility index (Phi) is 4.03. The summed E-state index contributed by atoms with van der Waals surface area (Å²) < 4.78 is 1.09. The van der Waals surface area contributed by atoms with Crippen molar-refractivity contribution in [1.29, 1.82) is 0 Å². The topological polar surface area (TPSA) is 15.3 Å². The van der Waals surface area contributed by atoms with E-state index in [9.17, 15) is 0 Å². The molecule has 2 rings (SSSR count). The predicted octanol–water partition coefficient (Wildman–Crippen LogP) is 2.51. The van der Waals surface area contributed by atoms with Crippen LogP contribution >= 0.6 is 27.5 Å². The van der Waals surface area contributed by atoms with Gasteiger partial charge in [0.15, 0.2) is 0 Å². The maximum absolute atomic E-state index is 6.15. The van der Waals surface area contributed by atoms with Gasteiger partial charge < -0.3 is 5.32 Å². The van der Waals surface area contributed by atoms with Crippen LogP contribution in [0.4, 0.5) is 0 Å². The van der Waals surface area contributed by atoms with Crippen molar-refractivity contribution in [2.24, 2.45) is 0 Å². The van der Waals surface area contributed by atoms with Crippen molar-refractivity contribution in [3.63, 3.8) is 0 Å². The third-order valence-corrected chi connectivity index (χ3v) is 3.47. The van der Waals surface area contributed by atoms with E-state index >= 15 is 0 Å². The second-order valence-corrected chi connectivity index (χ2v) is 5.08. The molecule has 1 aliphatic rings. The number of piperazine rings is 1. The Morgan fingerprint density at radius 1 is 1.33 bits per heavy atom. The molecule has 0 spiro atoms. The Labute approximate surface area is 104 Å². The van der Waals surface area contributed by atoms with Gasteiger partial charge in [0.05, 0.1) is 0 Å². The summed E-state index contributed by atoms with van der Waals surface area (Å²) in [5.74, 6) is 0. The lowest BCUT2D eigenvalue weighted by Gasteiger charge is -2.27. The molecular weight excluding hydrogens is 275 g/mol. The largest absolute Gasteiger partial charge is 0.314 e. The van der Waals surface area contributed by atoms with Crippen LogP contribution in [0.5, 0.6) is 0 Å². The van der Waals surface area contributed by atoms with Crippen molar-refractivity contribution in [3.05, 3.63) is 33.3 Å². The molecule has 0 aromatic heterocycles. The van der Waals surface area contributed by atoms with Crippen molar-refractivity contribution in [3.8, 4) is 0 Å². The average molecular weight is 290 g/mol. The first-order chi connectivity index (χ1) is 7.25. The number of hydrogen-bond donors (Lipinski definition) is 1. The average Bonchev–Trinajstić information content (AvgIpc) is 2.25. The van der Waals surface area contributed by atoms with Crippen LogP contribution < -0.4 is 5.32 Å². The van der Waals surface area contributed by atoms with Gasteiger partial charge >= 0.3 is 0 Å². The monoisotopic (exact) mass is 288 g/mol. The number of nitrogens with zero attached hydrogens (tertiary/aromatic N) is 1. The zero-order chi connectivity index (χ0) is 10.7. The normalized spacial score (nSPS) is 18.0. The smallest absolute Gasteiger partial charge is 0.0451 e. The SMILES string of the molecule is Clc1ccc(Br)cc1CN1CCNCC1. The summed E-state index contributed by atoms with van der Waals surface area (Å²) in [7, 11) is 0. The first-order valence-corrected chi connectivity index (χ1v) is 6.30. The molecule has 0 saturated carbocycles. The Balaban J connectivity index is 2.05. The van der Waals surface area contributed by atoms with E-state index in [-0.39, 0.29) is 0 Å². The summed E-state index contributed by atoms with van der Waals surface area (Å²) in [6, 6.07) is 6.02. The van der Waals surface area contributed by atoms with Gasteiger partial charge in [-0.2, -0.15) is 0 Å². The van der Waals surface area contributed by atoms with Crippen molar-refractivity contribution in [2.75, 3.05) is 26.2 Å². The molecule has 82 valence electrons. The van der Waals surface area contributed by atoms with Crippen LogP contribution in [0.25, 0.3) is 0 Å². The number of rotatable bonds is 2. The van der Waals surface area contributed by atoms with Gasteiger partial charge in [-0.1, -0.05) is 27.5 Å². The number of halogens is 2. The highest BCUT2D eigenvalue weighted by Crippen LogP contribution is 2.22. The van der Waals surface area contributed by atoms with E-state index in [1.165, 1.54) is 5.56 Å². The zero-order valence-electron chi connectivity index (χ0n) is 8.47. The molecule has 2 nitrogen and oxygen atoms in total. The zero-order valence-corrected chi connectivity index (χ0v) is 10.8. The summed E-state index contributed by atoms with van der Waals surface area (Å²) in [5.41, 5.74) is 1.20. The number of benzene rings is 1. The van der Waals surface area contributed by atoms with E-state index in [0.717, 1.165) is 42.2 Å². The summed E-state index contributed by atoms with van der Waals surface area (Å²) in [6.07, 6.45) is 0.